The third kappa shape index (κ3) is 3.57. The molecule has 0 saturated heterocycles. The smallest absolute Gasteiger partial charge is 0.130 e. The maximum absolute atomic E-state index is 13.7. The van der Waals surface area contributed by atoms with Gasteiger partial charge in [-0.05, 0) is 29.8 Å². The van der Waals surface area contributed by atoms with E-state index in [-0.39, 0.29) is 12.0 Å². The molecule has 0 aromatic heterocycles. The fraction of sp³-hybridized carbons (Fsp3) is 0.143. The van der Waals surface area contributed by atoms with Gasteiger partial charge in [-0.25, -0.2) is 4.39 Å². The van der Waals surface area contributed by atoms with E-state index in [2.05, 4.69) is 31.9 Å². The van der Waals surface area contributed by atoms with Gasteiger partial charge in [0.15, 0.2) is 0 Å². The van der Waals surface area contributed by atoms with E-state index in [0.717, 1.165) is 10.0 Å². The van der Waals surface area contributed by atoms with E-state index in [1.807, 2.05) is 12.1 Å². The minimum absolute atomic E-state index is 0.251. The number of aliphatic hydroxyl groups is 1. The van der Waals surface area contributed by atoms with Crippen LogP contribution in [0.2, 0.25) is 5.02 Å². The van der Waals surface area contributed by atoms with Crippen LogP contribution in [0.3, 0.4) is 0 Å². The predicted molar refractivity (Wildman–Crippen MR) is 81.9 cm³/mol. The lowest BCUT2D eigenvalue weighted by atomic mass is 10.0. The summed E-state index contributed by atoms with van der Waals surface area (Å²) in [5.41, 5.74) is 1.02. The van der Waals surface area contributed by atoms with Crippen molar-refractivity contribution < 1.29 is 9.50 Å². The lowest BCUT2D eigenvalue weighted by molar-refractivity contribution is 0.173. The molecule has 0 saturated carbocycles. The fourth-order valence-corrected chi connectivity index (χ4v) is 3.18. The van der Waals surface area contributed by atoms with Gasteiger partial charge in [0.2, 0.25) is 0 Å². The quantitative estimate of drug-likeness (QED) is 0.733. The normalized spacial score (nSPS) is 12.5. The van der Waals surface area contributed by atoms with Crippen molar-refractivity contribution >= 4 is 43.5 Å². The van der Waals surface area contributed by atoms with E-state index in [9.17, 15) is 9.50 Å². The second kappa shape index (κ2) is 6.35. The molecule has 100 valence electrons. The zero-order valence-corrected chi connectivity index (χ0v) is 13.6. The molecule has 0 bridgehead atoms. The summed E-state index contributed by atoms with van der Waals surface area (Å²) in [5, 5.41) is 10.7. The van der Waals surface area contributed by atoms with Crippen LogP contribution in [0.5, 0.6) is 0 Å². The average molecular weight is 408 g/mol. The van der Waals surface area contributed by atoms with E-state index in [0.29, 0.717) is 9.50 Å². The zero-order chi connectivity index (χ0) is 14.0. The van der Waals surface area contributed by atoms with Crippen molar-refractivity contribution in [2.24, 2.45) is 0 Å². The maximum Gasteiger partial charge on any atom is 0.130 e. The first kappa shape index (κ1) is 15.0. The van der Waals surface area contributed by atoms with Gasteiger partial charge in [-0.2, -0.15) is 0 Å². The van der Waals surface area contributed by atoms with Crippen molar-refractivity contribution in [1.29, 1.82) is 0 Å². The molecule has 0 heterocycles. The Labute approximate surface area is 132 Å². The van der Waals surface area contributed by atoms with Gasteiger partial charge in [-0.1, -0.05) is 55.6 Å². The van der Waals surface area contributed by atoms with Gasteiger partial charge in [0, 0.05) is 26.0 Å². The van der Waals surface area contributed by atoms with Crippen LogP contribution in [0.25, 0.3) is 0 Å². The van der Waals surface area contributed by atoms with Gasteiger partial charge in [0.05, 0.1) is 6.10 Å². The summed E-state index contributed by atoms with van der Waals surface area (Å²) >= 11 is 12.7. The van der Waals surface area contributed by atoms with E-state index in [4.69, 9.17) is 11.6 Å². The summed E-state index contributed by atoms with van der Waals surface area (Å²) < 4.78 is 15.2. The summed E-state index contributed by atoms with van der Waals surface area (Å²) in [7, 11) is 0. The van der Waals surface area contributed by atoms with Crippen molar-refractivity contribution in [3.63, 3.8) is 0 Å². The minimum atomic E-state index is -0.950. The molecule has 2 rings (SSSR count). The number of rotatable bonds is 3. The van der Waals surface area contributed by atoms with Crippen molar-refractivity contribution in [2.45, 2.75) is 12.5 Å². The highest BCUT2D eigenvalue weighted by atomic mass is 79.9. The highest BCUT2D eigenvalue weighted by Gasteiger charge is 2.17. The Morgan fingerprint density at radius 3 is 2.58 bits per heavy atom. The number of hydrogen-bond donors (Lipinski definition) is 1. The van der Waals surface area contributed by atoms with Crippen LogP contribution in [0.4, 0.5) is 4.39 Å². The third-order valence-electron chi connectivity index (χ3n) is 2.76. The van der Waals surface area contributed by atoms with Gasteiger partial charge in [0.1, 0.15) is 5.82 Å². The Bertz CT molecular complexity index is 584. The molecule has 1 atom stereocenters. The van der Waals surface area contributed by atoms with Crippen LogP contribution < -0.4 is 0 Å². The Morgan fingerprint density at radius 1 is 1.21 bits per heavy atom. The van der Waals surface area contributed by atoms with Crippen molar-refractivity contribution in [3.05, 3.63) is 67.3 Å². The second-order valence-corrected chi connectivity index (χ2v) is 6.27. The van der Waals surface area contributed by atoms with Crippen LogP contribution >= 0.6 is 43.5 Å². The SMILES string of the molecule is OC(Cc1ccc(Br)cc1Cl)c1c(F)cccc1Br. The fourth-order valence-electron chi connectivity index (χ4n) is 1.83. The average Bonchev–Trinajstić information content (AvgIpc) is 2.32. The summed E-state index contributed by atoms with van der Waals surface area (Å²) in [4.78, 5) is 0. The van der Waals surface area contributed by atoms with Crippen molar-refractivity contribution in [3.8, 4) is 0 Å². The molecule has 0 aliphatic heterocycles. The maximum atomic E-state index is 13.7. The summed E-state index contributed by atoms with van der Waals surface area (Å²) in [6, 6.07) is 10.0. The van der Waals surface area contributed by atoms with E-state index in [1.54, 1.807) is 18.2 Å². The van der Waals surface area contributed by atoms with E-state index < -0.39 is 11.9 Å². The predicted octanol–water partition coefficient (Wildman–Crippen LogP) is 5.28. The standard InChI is InChI=1S/C14H10Br2ClFO/c15-9-5-4-8(11(17)7-9)6-13(19)14-10(16)2-1-3-12(14)18/h1-5,7,13,19H,6H2. The monoisotopic (exact) mass is 406 g/mol. The van der Waals surface area contributed by atoms with E-state index in [1.165, 1.54) is 6.07 Å². The van der Waals surface area contributed by atoms with Gasteiger partial charge < -0.3 is 5.11 Å². The van der Waals surface area contributed by atoms with Crippen LogP contribution in [-0.2, 0) is 6.42 Å². The Hall–Kier alpha value is -0.420. The van der Waals surface area contributed by atoms with Gasteiger partial charge in [-0.15, -0.1) is 0 Å². The van der Waals surface area contributed by atoms with Crippen molar-refractivity contribution in [2.75, 3.05) is 0 Å². The zero-order valence-electron chi connectivity index (χ0n) is 9.71. The molecule has 1 N–H and O–H groups in total. The molecular weight excluding hydrogens is 398 g/mol. The molecule has 19 heavy (non-hydrogen) atoms. The summed E-state index contributed by atoms with van der Waals surface area (Å²) in [6.07, 6.45) is -0.694. The van der Waals surface area contributed by atoms with Crippen molar-refractivity contribution in [1.82, 2.24) is 0 Å². The molecule has 0 spiro atoms. The number of hydrogen-bond acceptors (Lipinski definition) is 1. The lowest BCUT2D eigenvalue weighted by Gasteiger charge is -2.15. The molecule has 0 aliphatic rings. The van der Waals surface area contributed by atoms with Gasteiger partial charge in [0.25, 0.3) is 0 Å². The first-order chi connectivity index (χ1) is 8.99. The number of aliphatic hydroxyl groups excluding tert-OH is 1. The molecule has 0 aliphatic carbocycles. The molecule has 1 nitrogen and oxygen atoms in total. The summed E-state index contributed by atoms with van der Waals surface area (Å²) in [6.45, 7) is 0. The number of halogens is 4. The lowest BCUT2D eigenvalue weighted by Crippen LogP contribution is -2.06. The summed E-state index contributed by atoms with van der Waals surface area (Å²) in [5.74, 6) is -0.435. The Balaban J connectivity index is 2.28. The van der Waals surface area contributed by atoms with Crippen LogP contribution in [0.1, 0.15) is 17.2 Å². The molecule has 0 amide bonds. The molecule has 0 radical (unpaired) electrons. The van der Waals surface area contributed by atoms with Gasteiger partial charge in [-0.3, -0.25) is 0 Å². The van der Waals surface area contributed by atoms with Gasteiger partial charge >= 0.3 is 0 Å². The Morgan fingerprint density at radius 2 is 1.95 bits per heavy atom. The molecule has 2 aromatic rings. The highest BCUT2D eigenvalue weighted by molar-refractivity contribution is 9.10. The molecule has 5 heteroatoms. The van der Waals surface area contributed by atoms with Crippen LogP contribution in [0.15, 0.2) is 45.3 Å². The van der Waals surface area contributed by atoms with E-state index >= 15 is 0 Å². The number of benzene rings is 2. The third-order valence-corrected chi connectivity index (χ3v) is 4.30. The first-order valence-electron chi connectivity index (χ1n) is 5.55. The molecule has 0 fully saturated rings. The molecule has 2 aromatic carbocycles. The topological polar surface area (TPSA) is 20.2 Å². The minimum Gasteiger partial charge on any atom is -0.388 e. The Kier molecular flexibility index (Phi) is 5.01. The first-order valence-corrected chi connectivity index (χ1v) is 7.51. The van der Waals surface area contributed by atoms with Crippen LogP contribution in [0, 0.1) is 5.82 Å². The molecular formula is C14H10Br2ClFO. The highest BCUT2D eigenvalue weighted by Crippen LogP contribution is 2.31. The van der Waals surface area contributed by atoms with Crippen LogP contribution in [-0.4, -0.2) is 5.11 Å². The largest absolute Gasteiger partial charge is 0.388 e. The second-order valence-electron chi connectivity index (χ2n) is 4.09. The molecule has 1 unspecified atom stereocenters.